The van der Waals surface area contributed by atoms with Crippen LogP contribution in [0.3, 0.4) is 0 Å². The molecule has 1 aromatic carbocycles. The van der Waals surface area contributed by atoms with E-state index in [2.05, 4.69) is 0 Å². The van der Waals surface area contributed by atoms with Crippen LogP contribution in [0, 0.1) is 0 Å². The molecule has 0 aliphatic heterocycles. The molecule has 0 spiro atoms. The maximum absolute atomic E-state index is 10.9. The van der Waals surface area contributed by atoms with Gasteiger partial charge in [-0.25, -0.2) is 4.79 Å². The highest BCUT2D eigenvalue weighted by atomic mass is 35.5. The van der Waals surface area contributed by atoms with E-state index in [-0.39, 0.29) is 11.3 Å². The monoisotopic (exact) mass is 212 g/mol. The number of carbonyl (C=O) groups is 2. The van der Waals surface area contributed by atoms with E-state index in [1.54, 1.807) is 12.1 Å². The van der Waals surface area contributed by atoms with Crippen LogP contribution in [-0.2, 0) is 4.79 Å². The highest BCUT2D eigenvalue weighted by Gasteiger charge is 2.13. The van der Waals surface area contributed by atoms with Crippen LogP contribution in [0.1, 0.15) is 28.2 Å². The first-order valence-corrected chi connectivity index (χ1v) is 4.44. The third-order valence-corrected chi connectivity index (χ3v) is 2.37. The maximum Gasteiger partial charge on any atom is 0.335 e. The molecule has 3 nitrogen and oxygen atoms in total. The third kappa shape index (κ3) is 2.33. The second kappa shape index (κ2) is 4.24. The van der Waals surface area contributed by atoms with Crippen molar-refractivity contribution in [1.29, 1.82) is 0 Å². The van der Waals surface area contributed by atoms with Crippen LogP contribution < -0.4 is 0 Å². The summed E-state index contributed by atoms with van der Waals surface area (Å²) in [4.78, 5) is 21.4. The first-order chi connectivity index (χ1) is 6.52. The van der Waals surface area contributed by atoms with Gasteiger partial charge in [0.2, 0.25) is 0 Å². The van der Waals surface area contributed by atoms with Crippen LogP contribution in [0.5, 0.6) is 0 Å². The molecular weight excluding hydrogens is 204 g/mol. The fraction of sp³-hybridized carbons (Fsp3) is 0.200. The lowest BCUT2D eigenvalue weighted by atomic mass is 10.1. The van der Waals surface area contributed by atoms with Gasteiger partial charge in [-0.1, -0.05) is 12.1 Å². The minimum absolute atomic E-state index is 0.158. The molecule has 1 aromatic rings. The molecule has 0 aliphatic carbocycles. The molecule has 0 radical (unpaired) electrons. The Bertz CT molecular complexity index is 356. The number of alkyl halides is 1. The summed E-state index contributed by atoms with van der Waals surface area (Å²) in [6.07, 6.45) is 0. The molecule has 0 saturated heterocycles. The normalized spacial score (nSPS) is 12.1. The Kier molecular flexibility index (Phi) is 3.25. The number of aromatic carboxylic acids is 1. The molecule has 0 bridgehead atoms. The van der Waals surface area contributed by atoms with Gasteiger partial charge in [-0.2, -0.15) is 0 Å². The number of carboxylic acids is 1. The Balaban J connectivity index is 2.94. The zero-order chi connectivity index (χ0) is 10.7. The lowest BCUT2D eigenvalue weighted by Crippen LogP contribution is -2.02. The smallest absolute Gasteiger partial charge is 0.335 e. The predicted octanol–water partition coefficient (Wildman–Crippen LogP) is 2.25. The van der Waals surface area contributed by atoms with E-state index in [4.69, 9.17) is 16.7 Å². The number of carbonyl (C=O) groups excluding carboxylic acids is 1. The average Bonchev–Trinajstić information content (AvgIpc) is 2.16. The van der Waals surface area contributed by atoms with Crippen LogP contribution in [0.25, 0.3) is 0 Å². The molecule has 0 fully saturated rings. The SMILES string of the molecule is CC(=O)C(Cl)c1ccc(C(=O)O)cc1. The molecule has 1 atom stereocenters. The van der Waals surface area contributed by atoms with Crippen LogP contribution in [0.4, 0.5) is 0 Å². The van der Waals surface area contributed by atoms with Crippen LogP contribution in [0.15, 0.2) is 24.3 Å². The summed E-state index contributed by atoms with van der Waals surface area (Å²) in [5.74, 6) is -1.15. The van der Waals surface area contributed by atoms with Gasteiger partial charge < -0.3 is 5.11 Å². The summed E-state index contributed by atoms with van der Waals surface area (Å²) >= 11 is 5.78. The Hall–Kier alpha value is -1.35. The fourth-order valence-corrected chi connectivity index (χ4v) is 1.17. The second-order valence-corrected chi connectivity index (χ2v) is 3.34. The average molecular weight is 213 g/mol. The zero-order valence-electron chi connectivity index (χ0n) is 7.53. The molecule has 74 valence electrons. The molecule has 14 heavy (non-hydrogen) atoms. The summed E-state index contributed by atoms with van der Waals surface area (Å²) in [6, 6.07) is 5.94. The first kappa shape index (κ1) is 10.7. The van der Waals surface area contributed by atoms with E-state index in [9.17, 15) is 9.59 Å². The molecule has 0 aromatic heterocycles. The van der Waals surface area contributed by atoms with Crippen molar-refractivity contribution in [3.05, 3.63) is 35.4 Å². The Morgan fingerprint density at radius 1 is 1.29 bits per heavy atom. The molecule has 1 N–H and O–H groups in total. The maximum atomic E-state index is 10.9. The largest absolute Gasteiger partial charge is 0.478 e. The van der Waals surface area contributed by atoms with Gasteiger partial charge in [-0.05, 0) is 24.6 Å². The number of ketones is 1. The van der Waals surface area contributed by atoms with Crippen molar-refractivity contribution in [1.82, 2.24) is 0 Å². The molecule has 0 heterocycles. The minimum atomic E-state index is -0.995. The van der Waals surface area contributed by atoms with Gasteiger partial charge in [0.25, 0.3) is 0 Å². The number of carboxylic acid groups (broad SMARTS) is 1. The number of hydrogen-bond donors (Lipinski definition) is 1. The summed E-state index contributed by atoms with van der Waals surface area (Å²) in [5, 5.41) is 7.93. The van der Waals surface area contributed by atoms with Gasteiger partial charge in [0.15, 0.2) is 5.78 Å². The molecule has 0 aliphatic rings. The Labute approximate surface area is 86.3 Å². The number of Topliss-reactive ketones (excluding diaryl/α,β-unsaturated/α-hetero) is 1. The molecule has 0 amide bonds. The van der Waals surface area contributed by atoms with Gasteiger partial charge in [-0.3, -0.25) is 4.79 Å². The standard InChI is InChI=1S/C10H9ClO3/c1-6(12)9(11)7-2-4-8(5-3-7)10(13)14/h2-5,9H,1H3,(H,13,14). The van der Waals surface area contributed by atoms with Crippen LogP contribution in [-0.4, -0.2) is 16.9 Å². The summed E-state index contributed by atoms with van der Waals surface area (Å²) in [5.41, 5.74) is 0.797. The number of hydrogen-bond acceptors (Lipinski definition) is 2. The van der Waals surface area contributed by atoms with E-state index >= 15 is 0 Å². The summed E-state index contributed by atoms with van der Waals surface area (Å²) in [7, 11) is 0. The highest BCUT2D eigenvalue weighted by molar-refractivity contribution is 6.30. The Morgan fingerprint density at radius 3 is 2.14 bits per heavy atom. The zero-order valence-corrected chi connectivity index (χ0v) is 8.28. The number of halogens is 1. The summed E-state index contributed by atoms with van der Waals surface area (Å²) < 4.78 is 0. The van der Waals surface area contributed by atoms with Crippen molar-refractivity contribution >= 4 is 23.4 Å². The highest BCUT2D eigenvalue weighted by Crippen LogP contribution is 2.21. The van der Waals surface area contributed by atoms with E-state index in [1.165, 1.54) is 19.1 Å². The molecule has 1 rings (SSSR count). The lowest BCUT2D eigenvalue weighted by Gasteiger charge is -2.05. The van der Waals surface area contributed by atoms with E-state index in [0.717, 1.165) is 0 Å². The topological polar surface area (TPSA) is 54.4 Å². The van der Waals surface area contributed by atoms with Crippen LogP contribution >= 0.6 is 11.6 Å². The van der Waals surface area contributed by atoms with E-state index in [0.29, 0.717) is 5.56 Å². The van der Waals surface area contributed by atoms with Gasteiger partial charge >= 0.3 is 5.97 Å². The number of benzene rings is 1. The third-order valence-electron chi connectivity index (χ3n) is 1.81. The van der Waals surface area contributed by atoms with Crippen molar-refractivity contribution < 1.29 is 14.7 Å². The van der Waals surface area contributed by atoms with Crippen molar-refractivity contribution in [2.45, 2.75) is 12.3 Å². The van der Waals surface area contributed by atoms with Gasteiger partial charge in [-0.15, -0.1) is 11.6 Å². The number of rotatable bonds is 3. The van der Waals surface area contributed by atoms with Crippen molar-refractivity contribution in [3.8, 4) is 0 Å². The van der Waals surface area contributed by atoms with E-state index in [1.807, 2.05) is 0 Å². The molecule has 4 heteroatoms. The van der Waals surface area contributed by atoms with Gasteiger partial charge in [0.05, 0.1) is 5.56 Å². The lowest BCUT2D eigenvalue weighted by molar-refractivity contribution is -0.116. The summed E-state index contributed by atoms with van der Waals surface area (Å²) in [6.45, 7) is 1.39. The molecule has 1 unspecified atom stereocenters. The van der Waals surface area contributed by atoms with Gasteiger partial charge in [0, 0.05) is 0 Å². The first-order valence-electron chi connectivity index (χ1n) is 4.00. The van der Waals surface area contributed by atoms with Gasteiger partial charge in [0.1, 0.15) is 5.38 Å². The van der Waals surface area contributed by atoms with Crippen molar-refractivity contribution in [3.63, 3.8) is 0 Å². The van der Waals surface area contributed by atoms with E-state index < -0.39 is 11.3 Å². The van der Waals surface area contributed by atoms with Crippen LogP contribution in [0.2, 0.25) is 0 Å². The van der Waals surface area contributed by atoms with Crippen molar-refractivity contribution in [2.24, 2.45) is 0 Å². The predicted molar refractivity (Wildman–Crippen MR) is 52.7 cm³/mol. The molecule has 0 saturated carbocycles. The quantitative estimate of drug-likeness (QED) is 0.782. The molecular formula is C10H9ClO3. The second-order valence-electron chi connectivity index (χ2n) is 2.90. The minimum Gasteiger partial charge on any atom is -0.478 e. The van der Waals surface area contributed by atoms with Crippen molar-refractivity contribution in [2.75, 3.05) is 0 Å². The fourth-order valence-electron chi connectivity index (χ4n) is 1.03. The Morgan fingerprint density at radius 2 is 1.79 bits per heavy atom.